The van der Waals surface area contributed by atoms with Gasteiger partial charge in [-0.05, 0) is 17.5 Å². The van der Waals surface area contributed by atoms with E-state index in [2.05, 4.69) is 70.9 Å². The molecule has 3 rings (SSSR count). The van der Waals surface area contributed by atoms with Crippen molar-refractivity contribution in [2.24, 2.45) is 0 Å². The summed E-state index contributed by atoms with van der Waals surface area (Å²) >= 11 is 0. The van der Waals surface area contributed by atoms with Crippen molar-refractivity contribution in [3.8, 4) is 0 Å². The third-order valence-corrected chi connectivity index (χ3v) is 3.75. The Morgan fingerprint density at radius 3 is 2.26 bits per heavy atom. The van der Waals surface area contributed by atoms with E-state index in [4.69, 9.17) is 0 Å². The van der Waals surface area contributed by atoms with Crippen LogP contribution < -0.4 is 5.32 Å². The summed E-state index contributed by atoms with van der Waals surface area (Å²) in [7, 11) is 0. The molecular formula is C17H20N2. The average Bonchev–Trinajstić information content (AvgIpc) is 2.50. The summed E-state index contributed by atoms with van der Waals surface area (Å²) < 4.78 is 0. The molecule has 0 unspecified atom stereocenters. The first-order valence-corrected chi connectivity index (χ1v) is 6.96. The van der Waals surface area contributed by atoms with Crippen LogP contribution in [0.15, 0.2) is 60.7 Å². The lowest BCUT2D eigenvalue weighted by molar-refractivity contribution is 0.175. The first-order chi connectivity index (χ1) is 9.42. The van der Waals surface area contributed by atoms with Crippen molar-refractivity contribution in [2.45, 2.75) is 19.0 Å². The van der Waals surface area contributed by atoms with Crippen LogP contribution in [0.1, 0.15) is 23.6 Å². The van der Waals surface area contributed by atoms with Gasteiger partial charge in [-0.25, -0.2) is 0 Å². The van der Waals surface area contributed by atoms with Crippen molar-refractivity contribution in [2.75, 3.05) is 13.2 Å². The zero-order valence-electron chi connectivity index (χ0n) is 11.1. The Hall–Kier alpha value is -1.64. The number of hydrogen-bond donors (Lipinski definition) is 1. The number of hydrogen-bond acceptors (Lipinski definition) is 2. The highest BCUT2D eigenvalue weighted by atomic mass is 15.2. The Morgan fingerprint density at radius 2 is 1.63 bits per heavy atom. The monoisotopic (exact) mass is 252 g/mol. The van der Waals surface area contributed by atoms with Gasteiger partial charge in [0.1, 0.15) is 0 Å². The summed E-state index contributed by atoms with van der Waals surface area (Å²) in [6, 6.07) is 21.9. The molecule has 1 fully saturated rings. The third kappa shape index (κ3) is 3.22. The minimum absolute atomic E-state index is 0.508. The Bertz CT molecular complexity index is 487. The van der Waals surface area contributed by atoms with E-state index in [1.165, 1.54) is 17.5 Å². The second-order valence-electron chi connectivity index (χ2n) is 5.15. The Labute approximate surface area is 115 Å². The molecule has 0 spiro atoms. The van der Waals surface area contributed by atoms with Gasteiger partial charge in [0.2, 0.25) is 0 Å². The molecule has 0 aliphatic carbocycles. The number of benzene rings is 2. The second kappa shape index (κ2) is 6.00. The van der Waals surface area contributed by atoms with Gasteiger partial charge in [-0.15, -0.1) is 0 Å². The Morgan fingerprint density at radius 1 is 0.947 bits per heavy atom. The molecule has 0 radical (unpaired) electrons. The van der Waals surface area contributed by atoms with Crippen LogP contribution in [0.25, 0.3) is 0 Å². The topological polar surface area (TPSA) is 15.3 Å². The highest BCUT2D eigenvalue weighted by molar-refractivity contribution is 5.19. The van der Waals surface area contributed by atoms with Crippen molar-refractivity contribution in [3.63, 3.8) is 0 Å². The van der Waals surface area contributed by atoms with Gasteiger partial charge in [0.05, 0.1) is 0 Å². The largest absolute Gasteiger partial charge is 0.297 e. The van der Waals surface area contributed by atoms with Gasteiger partial charge in [0.25, 0.3) is 0 Å². The molecule has 1 N–H and O–H groups in total. The standard InChI is InChI=1S/C17H20N2/c1-3-7-15(8-4-1)13-19-12-11-17(18-14-19)16-9-5-2-6-10-16/h1-10,17-18H,11-14H2/t17-/m1/s1. The normalized spacial score (nSPS) is 20.3. The van der Waals surface area contributed by atoms with Gasteiger partial charge in [-0.2, -0.15) is 0 Å². The summed E-state index contributed by atoms with van der Waals surface area (Å²) in [6.07, 6.45) is 1.18. The zero-order chi connectivity index (χ0) is 12.9. The van der Waals surface area contributed by atoms with Crippen LogP contribution in [0.2, 0.25) is 0 Å². The molecule has 2 heteroatoms. The molecule has 98 valence electrons. The molecule has 2 aromatic rings. The van der Waals surface area contributed by atoms with E-state index in [1.54, 1.807) is 0 Å². The fourth-order valence-electron chi connectivity index (χ4n) is 2.68. The summed E-state index contributed by atoms with van der Waals surface area (Å²) in [5, 5.41) is 3.63. The van der Waals surface area contributed by atoms with Crippen LogP contribution >= 0.6 is 0 Å². The van der Waals surface area contributed by atoms with Crippen LogP contribution in [0.3, 0.4) is 0 Å². The maximum absolute atomic E-state index is 3.63. The predicted molar refractivity (Wildman–Crippen MR) is 78.7 cm³/mol. The molecule has 0 aromatic heterocycles. The van der Waals surface area contributed by atoms with Gasteiger partial charge in [-0.3, -0.25) is 10.2 Å². The quantitative estimate of drug-likeness (QED) is 0.902. The molecule has 0 amide bonds. The highest BCUT2D eigenvalue weighted by Gasteiger charge is 2.19. The van der Waals surface area contributed by atoms with Gasteiger partial charge >= 0.3 is 0 Å². The van der Waals surface area contributed by atoms with E-state index in [1.807, 2.05) is 0 Å². The predicted octanol–water partition coefficient (Wildman–Crippen LogP) is 3.18. The zero-order valence-corrected chi connectivity index (χ0v) is 11.1. The number of nitrogens with one attached hydrogen (secondary N) is 1. The minimum Gasteiger partial charge on any atom is -0.297 e. The van der Waals surface area contributed by atoms with Crippen molar-refractivity contribution < 1.29 is 0 Å². The van der Waals surface area contributed by atoms with Crippen LogP contribution in [0, 0.1) is 0 Å². The molecule has 1 aliphatic rings. The molecule has 1 aliphatic heterocycles. The smallest absolute Gasteiger partial charge is 0.0488 e. The molecule has 1 heterocycles. The summed E-state index contributed by atoms with van der Waals surface area (Å²) in [5.74, 6) is 0. The minimum atomic E-state index is 0.508. The van der Waals surface area contributed by atoms with Crippen molar-refractivity contribution >= 4 is 0 Å². The van der Waals surface area contributed by atoms with Gasteiger partial charge in [0, 0.05) is 25.8 Å². The Kier molecular flexibility index (Phi) is 3.92. The lowest BCUT2D eigenvalue weighted by atomic mass is 10.0. The summed E-state index contributed by atoms with van der Waals surface area (Å²) in [4.78, 5) is 2.47. The maximum atomic E-state index is 3.63. The fourth-order valence-corrected chi connectivity index (χ4v) is 2.68. The summed E-state index contributed by atoms with van der Waals surface area (Å²) in [5.41, 5.74) is 2.80. The molecule has 2 aromatic carbocycles. The highest BCUT2D eigenvalue weighted by Crippen LogP contribution is 2.20. The molecule has 0 bridgehead atoms. The fraction of sp³-hybridized carbons (Fsp3) is 0.294. The lowest BCUT2D eigenvalue weighted by Crippen LogP contribution is -2.42. The first kappa shape index (κ1) is 12.4. The number of nitrogens with zero attached hydrogens (tertiary/aromatic N) is 1. The first-order valence-electron chi connectivity index (χ1n) is 6.96. The molecule has 1 atom stereocenters. The van der Waals surface area contributed by atoms with Gasteiger partial charge in [0.15, 0.2) is 0 Å². The van der Waals surface area contributed by atoms with E-state index >= 15 is 0 Å². The lowest BCUT2D eigenvalue weighted by Gasteiger charge is -2.33. The van der Waals surface area contributed by atoms with E-state index in [0.29, 0.717) is 6.04 Å². The molecule has 1 saturated heterocycles. The van der Waals surface area contributed by atoms with Crippen LogP contribution in [-0.2, 0) is 6.54 Å². The van der Waals surface area contributed by atoms with Crippen molar-refractivity contribution in [1.29, 1.82) is 0 Å². The van der Waals surface area contributed by atoms with Gasteiger partial charge in [-0.1, -0.05) is 60.7 Å². The van der Waals surface area contributed by atoms with Crippen molar-refractivity contribution in [3.05, 3.63) is 71.8 Å². The van der Waals surface area contributed by atoms with E-state index in [0.717, 1.165) is 19.8 Å². The second-order valence-corrected chi connectivity index (χ2v) is 5.15. The van der Waals surface area contributed by atoms with Gasteiger partial charge < -0.3 is 0 Å². The van der Waals surface area contributed by atoms with Crippen LogP contribution in [0.4, 0.5) is 0 Å². The molecular weight excluding hydrogens is 232 g/mol. The van der Waals surface area contributed by atoms with Crippen molar-refractivity contribution in [1.82, 2.24) is 10.2 Å². The van der Waals surface area contributed by atoms with E-state index < -0.39 is 0 Å². The SMILES string of the molecule is c1ccc(CN2CC[C@H](c3ccccc3)NC2)cc1. The molecule has 19 heavy (non-hydrogen) atoms. The van der Waals surface area contributed by atoms with Crippen LogP contribution in [-0.4, -0.2) is 18.1 Å². The average molecular weight is 252 g/mol. The molecule has 2 nitrogen and oxygen atoms in total. The third-order valence-electron chi connectivity index (χ3n) is 3.75. The maximum Gasteiger partial charge on any atom is 0.0488 e. The Balaban J connectivity index is 1.55. The van der Waals surface area contributed by atoms with Crippen LogP contribution in [0.5, 0.6) is 0 Å². The van der Waals surface area contributed by atoms with E-state index in [9.17, 15) is 0 Å². The van der Waals surface area contributed by atoms with E-state index in [-0.39, 0.29) is 0 Å². The number of rotatable bonds is 3. The summed E-state index contributed by atoms with van der Waals surface area (Å²) in [6.45, 7) is 3.16. The molecule has 0 saturated carbocycles.